The number of aromatic nitrogens is 2. The molecule has 34 heavy (non-hydrogen) atoms. The molecule has 2 atom stereocenters. The Balaban J connectivity index is 1.39. The molecule has 1 amide bonds. The monoisotopic (exact) mass is 505 g/mol. The van der Waals surface area contributed by atoms with Crippen molar-refractivity contribution in [1.82, 2.24) is 14.9 Å². The predicted molar refractivity (Wildman–Crippen MR) is 128 cm³/mol. The third-order valence-electron chi connectivity index (χ3n) is 5.94. The van der Waals surface area contributed by atoms with E-state index in [1.54, 1.807) is 17.0 Å². The lowest BCUT2D eigenvalue weighted by molar-refractivity contribution is -0.112. The standard InChI is InChI=1S/C24H25ClFN3O4S/c1-24(2,3)33-23(30)29-7-13-9-31-10-14(8-29)20(13)32-22-21-19(27-12-28-22)17(11-34-21)16-5-4-15(25)6-18(16)26/h4-6,11-14,20H,7-10H2,1-3H3. The minimum Gasteiger partial charge on any atom is -0.472 e. The van der Waals surface area contributed by atoms with Crippen molar-refractivity contribution in [3.05, 3.63) is 40.7 Å². The van der Waals surface area contributed by atoms with Crippen LogP contribution in [-0.4, -0.2) is 59.0 Å². The molecule has 0 aliphatic carbocycles. The maximum Gasteiger partial charge on any atom is 0.410 e. The van der Waals surface area contributed by atoms with E-state index in [2.05, 4.69) is 9.97 Å². The van der Waals surface area contributed by atoms with Crippen molar-refractivity contribution in [2.45, 2.75) is 32.5 Å². The molecule has 4 heterocycles. The molecule has 2 aromatic heterocycles. The Morgan fingerprint density at radius 2 is 1.94 bits per heavy atom. The van der Waals surface area contributed by atoms with Crippen LogP contribution in [0.1, 0.15) is 20.8 Å². The maximum absolute atomic E-state index is 14.6. The van der Waals surface area contributed by atoms with Crippen molar-refractivity contribution in [1.29, 1.82) is 0 Å². The van der Waals surface area contributed by atoms with Crippen LogP contribution in [0.25, 0.3) is 21.3 Å². The molecule has 2 saturated heterocycles. The fraction of sp³-hybridized carbons (Fsp3) is 0.458. The van der Waals surface area contributed by atoms with Gasteiger partial charge in [0.15, 0.2) is 0 Å². The summed E-state index contributed by atoms with van der Waals surface area (Å²) in [6.07, 6.45) is 0.951. The largest absolute Gasteiger partial charge is 0.472 e. The van der Waals surface area contributed by atoms with Gasteiger partial charge in [-0.15, -0.1) is 11.3 Å². The zero-order chi connectivity index (χ0) is 24.0. The molecule has 7 nitrogen and oxygen atoms in total. The van der Waals surface area contributed by atoms with Gasteiger partial charge in [0, 0.05) is 46.5 Å². The van der Waals surface area contributed by atoms with Crippen LogP contribution < -0.4 is 4.74 Å². The molecular formula is C24H25ClFN3O4S. The lowest BCUT2D eigenvalue weighted by Crippen LogP contribution is -2.59. The quantitative estimate of drug-likeness (QED) is 0.473. The second kappa shape index (κ2) is 8.94. The molecule has 0 spiro atoms. The van der Waals surface area contributed by atoms with Crippen LogP contribution in [0.3, 0.4) is 0 Å². The van der Waals surface area contributed by atoms with Crippen LogP contribution in [0.2, 0.25) is 5.02 Å². The second-order valence-corrected chi connectivity index (χ2v) is 11.0. The number of carbonyl (C=O) groups excluding carboxylic acids is 1. The predicted octanol–water partition coefficient (Wildman–Crippen LogP) is 5.41. The van der Waals surface area contributed by atoms with Gasteiger partial charge in [0.2, 0.25) is 5.88 Å². The third-order valence-corrected chi connectivity index (χ3v) is 7.14. The van der Waals surface area contributed by atoms with Gasteiger partial charge in [-0.2, -0.15) is 0 Å². The Morgan fingerprint density at radius 1 is 1.21 bits per heavy atom. The van der Waals surface area contributed by atoms with E-state index in [1.165, 1.54) is 23.7 Å². The number of hydrogen-bond donors (Lipinski definition) is 0. The zero-order valence-electron chi connectivity index (χ0n) is 19.1. The van der Waals surface area contributed by atoms with E-state index in [4.69, 9.17) is 25.8 Å². The third kappa shape index (κ3) is 4.56. The zero-order valence-corrected chi connectivity index (χ0v) is 20.7. The van der Waals surface area contributed by atoms with Crippen LogP contribution in [0, 0.1) is 17.7 Å². The van der Waals surface area contributed by atoms with Crippen molar-refractivity contribution in [2.24, 2.45) is 11.8 Å². The van der Waals surface area contributed by atoms with Gasteiger partial charge in [-0.1, -0.05) is 11.6 Å². The number of hydrogen-bond acceptors (Lipinski definition) is 7. The normalized spacial score (nSPS) is 22.6. The van der Waals surface area contributed by atoms with Gasteiger partial charge < -0.3 is 19.1 Å². The van der Waals surface area contributed by atoms with Crippen LogP contribution in [0.5, 0.6) is 5.88 Å². The minimum absolute atomic E-state index is 0.0156. The van der Waals surface area contributed by atoms with Crippen molar-refractivity contribution >= 4 is 39.2 Å². The van der Waals surface area contributed by atoms with E-state index in [9.17, 15) is 9.18 Å². The topological polar surface area (TPSA) is 73.8 Å². The van der Waals surface area contributed by atoms with Gasteiger partial charge in [0.1, 0.15) is 28.5 Å². The molecular weight excluding hydrogens is 481 g/mol. The Hall–Kier alpha value is -2.49. The summed E-state index contributed by atoms with van der Waals surface area (Å²) in [5.74, 6) is 0.0223. The Labute approximate surface area is 205 Å². The summed E-state index contributed by atoms with van der Waals surface area (Å²) in [4.78, 5) is 23.2. The van der Waals surface area contributed by atoms with E-state index < -0.39 is 11.4 Å². The van der Waals surface area contributed by atoms with E-state index >= 15 is 0 Å². The number of ether oxygens (including phenoxy) is 3. The second-order valence-electron chi connectivity index (χ2n) is 9.66. The number of rotatable bonds is 3. The molecule has 10 heteroatoms. The first-order valence-electron chi connectivity index (χ1n) is 11.1. The number of benzene rings is 1. The van der Waals surface area contributed by atoms with Gasteiger partial charge in [0.05, 0.1) is 18.7 Å². The Kier molecular flexibility index (Phi) is 6.12. The lowest BCUT2D eigenvalue weighted by Gasteiger charge is -2.46. The number of halogens is 2. The van der Waals surface area contributed by atoms with E-state index in [-0.39, 0.29) is 24.0 Å². The number of amides is 1. The number of thiophene rings is 1. The summed E-state index contributed by atoms with van der Waals surface area (Å²) in [5.41, 5.74) is 1.17. The fourth-order valence-electron chi connectivity index (χ4n) is 4.51. The highest BCUT2D eigenvalue weighted by atomic mass is 35.5. The number of likely N-dealkylation sites (tertiary alicyclic amines) is 1. The number of nitrogens with zero attached hydrogens (tertiary/aromatic N) is 3. The average molecular weight is 506 g/mol. The van der Waals surface area contributed by atoms with Crippen LogP contribution in [-0.2, 0) is 9.47 Å². The minimum atomic E-state index is -0.553. The highest BCUT2D eigenvalue weighted by molar-refractivity contribution is 7.18. The van der Waals surface area contributed by atoms with Gasteiger partial charge in [-0.3, -0.25) is 0 Å². The molecule has 0 saturated carbocycles. The average Bonchev–Trinajstić information content (AvgIpc) is 3.17. The molecule has 2 aliphatic rings. The van der Waals surface area contributed by atoms with Gasteiger partial charge in [-0.05, 0) is 39.0 Å². The first-order chi connectivity index (χ1) is 16.2. The molecule has 1 aromatic carbocycles. The highest BCUT2D eigenvalue weighted by Gasteiger charge is 2.44. The number of fused-ring (bicyclic) bond motifs is 3. The maximum atomic E-state index is 14.6. The summed E-state index contributed by atoms with van der Waals surface area (Å²) in [6, 6.07) is 4.59. The molecule has 2 bridgehead atoms. The molecule has 3 aromatic rings. The fourth-order valence-corrected chi connectivity index (χ4v) is 5.62. The van der Waals surface area contributed by atoms with Crippen LogP contribution >= 0.6 is 22.9 Å². The molecule has 2 unspecified atom stereocenters. The Bertz CT molecular complexity index is 1220. The van der Waals surface area contributed by atoms with Gasteiger partial charge in [-0.25, -0.2) is 19.2 Å². The Morgan fingerprint density at radius 3 is 2.62 bits per heavy atom. The smallest absolute Gasteiger partial charge is 0.410 e. The molecule has 180 valence electrons. The van der Waals surface area contributed by atoms with Gasteiger partial charge in [0.25, 0.3) is 0 Å². The highest BCUT2D eigenvalue weighted by Crippen LogP contribution is 2.40. The summed E-state index contributed by atoms with van der Waals surface area (Å²) in [7, 11) is 0. The van der Waals surface area contributed by atoms with Crippen molar-refractivity contribution in [3.8, 4) is 17.0 Å². The SMILES string of the molecule is CC(C)(C)OC(=O)N1CC2COCC(C1)C2Oc1ncnc2c(-c3ccc(Cl)cc3F)csc12. The van der Waals surface area contributed by atoms with Crippen LogP contribution in [0.15, 0.2) is 29.9 Å². The van der Waals surface area contributed by atoms with Gasteiger partial charge >= 0.3 is 6.09 Å². The first-order valence-corrected chi connectivity index (χ1v) is 12.4. The molecule has 0 radical (unpaired) electrons. The van der Waals surface area contributed by atoms with Crippen molar-refractivity contribution in [3.63, 3.8) is 0 Å². The summed E-state index contributed by atoms with van der Waals surface area (Å²) >= 11 is 7.32. The van der Waals surface area contributed by atoms with E-state index in [0.29, 0.717) is 53.8 Å². The van der Waals surface area contributed by atoms with E-state index in [1.807, 2.05) is 26.2 Å². The molecule has 2 aliphatic heterocycles. The molecule has 5 rings (SSSR count). The van der Waals surface area contributed by atoms with Crippen LogP contribution in [0.4, 0.5) is 9.18 Å². The summed E-state index contributed by atoms with van der Waals surface area (Å²) in [5, 5.41) is 2.19. The summed E-state index contributed by atoms with van der Waals surface area (Å²) in [6.45, 7) is 7.51. The van der Waals surface area contributed by atoms with E-state index in [0.717, 1.165) is 4.70 Å². The number of carbonyl (C=O) groups is 1. The van der Waals surface area contributed by atoms with Crippen molar-refractivity contribution < 1.29 is 23.4 Å². The lowest BCUT2D eigenvalue weighted by atomic mass is 9.84. The summed E-state index contributed by atoms with van der Waals surface area (Å²) < 4.78 is 33.1. The number of piperidine rings is 1. The molecule has 0 N–H and O–H groups in total. The van der Waals surface area contributed by atoms with Crippen molar-refractivity contribution in [2.75, 3.05) is 26.3 Å². The first kappa shape index (κ1) is 23.3. The molecule has 2 fully saturated rings.